The number of pyridine rings is 1. The lowest BCUT2D eigenvalue weighted by atomic mass is 10.1. The van der Waals surface area contributed by atoms with Gasteiger partial charge in [-0.25, -0.2) is 15.0 Å². The number of aromatic nitrogens is 3. The summed E-state index contributed by atoms with van der Waals surface area (Å²) in [5, 5.41) is 3.13. The molecule has 2 rings (SSSR count). The van der Waals surface area contributed by atoms with Crippen LogP contribution in [0.2, 0.25) is 0 Å². The first-order valence-electron chi connectivity index (χ1n) is 6.71. The molecular formula is C15H20N4O. The molecule has 0 unspecified atom stereocenters. The summed E-state index contributed by atoms with van der Waals surface area (Å²) in [5.41, 5.74) is 3.27. The molecule has 1 N–H and O–H groups in total. The molecule has 0 saturated carbocycles. The van der Waals surface area contributed by atoms with Crippen LogP contribution >= 0.6 is 0 Å². The Morgan fingerprint density at radius 3 is 2.60 bits per heavy atom. The fourth-order valence-electron chi connectivity index (χ4n) is 2.10. The summed E-state index contributed by atoms with van der Waals surface area (Å²) in [7, 11) is 3.49. The van der Waals surface area contributed by atoms with Crippen molar-refractivity contribution in [3.63, 3.8) is 0 Å². The summed E-state index contributed by atoms with van der Waals surface area (Å²) in [6, 6.07) is 3.84. The van der Waals surface area contributed by atoms with Crippen molar-refractivity contribution < 1.29 is 4.74 Å². The molecule has 0 atom stereocenters. The zero-order valence-corrected chi connectivity index (χ0v) is 12.4. The Labute approximate surface area is 119 Å². The number of anilines is 1. The van der Waals surface area contributed by atoms with Crippen molar-refractivity contribution in [2.45, 2.75) is 26.7 Å². The van der Waals surface area contributed by atoms with Gasteiger partial charge in [0.05, 0.1) is 7.11 Å². The molecule has 0 amide bonds. The molecule has 0 aliphatic carbocycles. The number of rotatable bonds is 5. The number of nitrogens with zero attached hydrogens (tertiary/aromatic N) is 3. The van der Waals surface area contributed by atoms with Crippen molar-refractivity contribution in [2.24, 2.45) is 0 Å². The number of aryl methyl sites for hydroxylation is 1. The van der Waals surface area contributed by atoms with Crippen LogP contribution in [-0.2, 0) is 12.8 Å². The van der Waals surface area contributed by atoms with Gasteiger partial charge in [-0.3, -0.25) is 0 Å². The molecule has 0 aliphatic heterocycles. The highest BCUT2D eigenvalue weighted by Crippen LogP contribution is 2.17. The average Bonchev–Trinajstić information content (AvgIpc) is 2.49. The van der Waals surface area contributed by atoms with E-state index in [9.17, 15) is 0 Å². The molecule has 0 bridgehead atoms. The molecule has 5 nitrogen and oxygen atoms in total. The number of ether oxygens (including phenoxy) is 1. The molecule has 0 spiro atoms. The molecule has 0 radical (unpaired) electrons. The van der Waals surface area contributed by atoms with Crippen molar-refractivity contribution in [3.8, 4) is 5.88 Å². The van der Waals surface area contributed by atoms with E-state index in [1.54, 1.807) is 13.3 Å². The predicted octanol–water partition coefficient (Wildman–Crippen LogP) is 2.38. The normalized spacial score (nSPS) is 10.4. The molecule has 0 aromatic carbocycles. The van der Waals surface area contributed by atoms with Gasteiger partial charge in [-0.2, -0.15) is 0 Å². The lowest BCUT2D eigenvalue weighted by Crippen LogP contribution is -2.07. The fourth-order valence-corrected chi connectivity index (χ4v) is 2.10. The zero-order chi connectivity index (χ0) is 14.5. The van der Waals surface area contributed by atoms with E-state index in [-0.39, 0.29) is 0 Å². The molecule has 0 saturated heterocycles. The number of nitrogens with one attached hydrogen (secondary N) is 1. The topological polar surface area (TPSA) is 59.9 Å². The number of hydrogen-bond donors (Lipinski definition) is 1. The van der Waals surface area contributed by atoms with Crippen molar-refractivity contribution in [1.82, 2.24) is 15.0 Å². The fraction of sp³-hybridized carbons (Fsp3) is 0.400. The van der Waals surface area contributed by atoms with Crippen LogP contribution in [0.25, 0.3) is 0 Å². The van der Waals surface area contributed by atoms with Gasteiger partial charge in [0.1, 0.15) is 11.6 Å². The van der Waals surface area contributed by atoms with Crippen LogP contribution in [0.5, 0.6) is 5.88 Å². The maximum atomic E-state index is 5.06. The van der Waals surface area contributed by atoms with E-state index in [0.717, 1.165) is 34.9 Å². The molecule has 20 heavy (non-hydrogen) atoms. The third kappa shape index (κ3) is 3.04. The van der Waals surface area contributed by atoms with Gasteiger partial charge in [0.25, 0.3) is 0 Å². The second-order valence-electron chi connectivity index (χ2n) is 4.55. The van der Waals surface area contributed by atoms with E-state index in [0.29, 0.717) is 12.3 Å². The highest BCUT2D eigenvalue weighted by molar-refractivity contribution is 5.45. The van der Waals surface area contributed by atoms with Crippen LogP contribution in [-0.4, -0.2) is 29.1 Å². The van der Waals surface area contributed by atoms with E-state index in [1.165, 1.54) is 0 Å². The minimum atomic E-state index is 0.615. The Morgan fingerprint density at radius 2 is 2.05 bits per heavy atom. The van der Waals surface area contributed by atoms with Gasteiger partial charge in [-0.05, 0) is 18.9 Å². The van der Waals surface area contributed by atoms with Crippen molar-refractivity contribution in [2.75, 3.05) is 19.5 Å². The molecule has 2 heterocycles. The van der Waals surface area contributed by atoms with E-state index < -0.39 is 0 Å². The Hall–Kier alpha value is -2.17. The summed E-state index contributed by atoms with van der Waals surface area (Å²) in [6.45, 7) is 4.15. The summed E-state index contributed by atoms with van der Waals surface area (Å²) in [4.78, 5) is 13.4. The molecule has 2 aromatic rings. The molecular weight excluding hydrogens is 252 g/mol. The third-order valence-corrected chi connectivity index (χ3v) is 3.23. The zero-order valence-electron chi connectivity index (χ0n) is 12.4. The second kappa shape index (κ2) is 6.32. The highest BCUT2D eigenvalue weighted by Gasteiger charge is 2.09. The summed E-state index contributed by atoms with van der Waals surface area (Å²) >= 11 is 0. The van der Waals surface area contributed by atoms with Crippen LogP contribution < -0.4 is 10.1 Å². The van der Waals surface area contributed by atoms with Crippen molar-refractivity contribution in [1.29, 1.82) is 0 Å². The predicted molar refractivity (Wildman–Crippen MR) is 79.3 cm³/mol. The van der Waals surface area contributed by atoms with Gasteiger partial charge in [-0.1, -0.05) is 13.0 Å². The van der Waals surface area contributed by atoms with Crippen LogP contribution in [0.3, 0.4) is 0 Å². The van der Waals surface area contributed by atoms with Gasteiger partial charge in [0.15, 0.2) is 0 Å². The Morgan fingerprint density at radius 1 is 1.25 bits per heavy atom. The van der Waals surface area contributed by atoms with Crippen molar-refractivity contribution in [3.05, 3.63) is 41.0 Å². The van der Waals surface area contributed by atoms with Gasteiger partial charge >= 0.3 is 0 Å². The lowest BCUT2D eigenvalue weighted by molar-refractivity contribution is 0.397. The highest BCUT2D eigenvalue weighted by atomic mass is 16.5. The van der Waals surface area contributed by atoms with Gasteiger partial charge in [0, 0.05) is 37.0 Å². The lowest BCUT2D eigenvalue weighted by Gasteiger charge is -2.11. The molecule has 0 fully saturated rings. The molecule has 5 heteroatoms. The third-order valence-electron chi connectivity index (χ3n) is 3.23. The number of hydrogen-bond acceptors (Lipinski definition) is 5. The Balaban J connectivity index is 2.27. The van der Waals surface area contributed by atoms with Gasteiger partial charge in [0.2, 0.25) is 5.88 Å². The first-order chi connectivity index (χ1) is 9.67. The summed E-state index contributed by atoms with van der Waals surface area (Å²) in [5.74, 6) is 2.32. The van der Waals surface area contributed by atoms with E-state index in [2.05, 4.69) is 27.2 Å². The quantitative estimate of drug-likeness (QED) is 0.905. The average molecular weight is 272 g/mol. The Kier molecular flexibility index (Phi) is 4.50. The molecule has 0 aliphatic rings. The maximum Gasteiger partial charge on any atom is 0.212 e. The van der Waals surface area contributed by atoms with E-state index in [4.69, 9.17) is 4.74 Å². The van der Waals surface area contributed by atoms with Crippen LogP contribution in [0, 0.1) is 6.92 Å². The van der Waals surface area contributed by atoms with Gasteiger partial charge in [-0.15, -0.1) is 0 Å². The van der Waals surface area contributed by atoms with E-state index in [1.807, 2.05) is 26.1 Å². The van der Waals surface area contributed by atoms with Crippen LogP contribution in [0.1, 0.15) is 29.6 Å². The first kappa shape index (κ1) is 14.2. The first-order valence-corrected chi connectivity index (χ1v) is 6.71. The van der Waals surface area contributed by atoms with E-state index >= 15 is 0 Å². The minimum Gasteiger partial charge on any atom is -0.481 e. The summed E-state index contributed by atoms with van der Waals surface area (Å²) < 4.78 is 5.06. The largest absolute Gasteiger partial charge is 0.481 e. The standard InChI is InChI=1S/C15H20N4O/c1-5-12-10(2)15(16-3)19-13(18-12)8-11-6-7-14(20-4)17-9-11/h6-7,9H,5,8H2,1-4H3,(H,16,18,19). The second-order valence-corrected chi connectivity index (χ2v) is 4.55. The maximum absolute atomic E-state index is 5.06. The number of methoxy groups -OCH3 is 1. The van der Waals surface area contributed by atoms with Gasteiger partial charge < -0.3 is 10.1 Å². The van der Waals surface area contributed by atoms with Crippen LogP contribution in [0.4, 0.5) is 5.82 Å². The monoisotopic (exact) mass is 272 g/mol. The SMILES string of the molecule is CCc1nc(Cc2ccc(OC)nc2)nc(NC)c1C. The minimum absolute atomic E-state index is 0.615. The molecule has 2 aromatic heterocycles. The smallest absolute Gasteiger partial charge is 0.212 e. The van der Waals surface area contributed by atoms with Crippen LogP contribution in [0.15, 0.2) is 18.3 Å². The Bertz CT molecular complexity index is 556. The van der Waals surface area contributed by atoms with Crippen molar-refractivity contribution >= 4 is 5.82 Å². The summed E-state index contributed by atoms with van der Waals surface area (Å²) in [6.07, 6.45) is 3.36. The molecule has 106 valence electrons.